The van der Waals surface area contributed by atoms with Crippen LogP contribution in [0.3, 0.4) is 0 Å². The van der Waals surface area contributed by atoms with Gasteiger partial charge in [-0.3, -0.25) is 9.69 Å². The number of benzene rings is 1. The quantitative estimate of drug-likeness (QED) is 0.512. The molecule has 8 heteroatoms. The first-order chi connectivity index (χ1) is 15.0. The number of nitrogens with zero attached hydrogens (tertiary/aromatic N) is 4. The third-order valence-corrected chi connectivity index (χ3v) is 6.03. The summed E-state index contributed by atoms with van der Waals surface area (Å²) in [5.74, 6) is -0.266. The van der Waals surface area contributed by atoms with Crippen molar-refractivity contribution in [1.29, 1.82) is 0 Å². The van der Waals surface area contributed by atoms with Crippen LogP contribution in [0.15, 0.2) is 47.5 Å². The minimum absolute atomic E-state index is 0.253. The average Bonchev–Trinajstić information content (AvgIpc) is 3.20. The van der Waals surface area contributed by atoms with Crippen molar-refractivity contribution in [2.45, 2.75) is 20.0 Å². The highest BCUT2D eigenvalue weighted by Gasteiger charge is 2.21. The van der Waals surface area contributed by atoms with Crippen molar-refractivity contribution in [3.05, 3.63) is 75.7 Å². The summed E-state index contributed by atoms with van der Waals surface area (Å²) in [4.78, 5) is 19.4. The molecule has 5 rings (SSSR count). The summed E-state index contributed by atoms with van der Waals surface area (Å²) in [6.45, 7) is 5.82. The molecule has 160 valence electrons. The molecule has 0 spiro atoms. The largest absolute Gasteiger partial charge is 0.425 e. The lowest BCUT2D eigenvalue weighted by Crippen LogP contribution is -2.36. The lowest BCUT2D eigenvalue weighted by molar-refractivity contribution is 0.0339. The van der Waals surface area contributed by atoms with Gasteiger partial charge < -0.3 is 14.5 Å². The van der Waals surface area contributed by atoms with Crippen molar-refractivity contribution in [2.75, 3.05) is 26.3 Å². The predicted molar refractivity (Wildman–Crippen MR) is 115 cm³/mol. The van der Waals surface area contributed by atoms with E-state index in [-0.39, 0.29) is 11.3 Å². The molecule has 31 heavy (non-hydrogen) atoms. The number of halogens is 1. The van der Waals surface area contributed by atoms with Gasteiger partial charge in [0, 0.05) is 43.1 Å². The molecule has 3 aromatic heterocycles. The highest BCUT2D eigenvalue weighted by atomic mass is 19.1. The zero-order chi connectivity index (χ0) is 21.5. The molecule has 1 aliphatic rings. The van der Waals surface area contributed by atoms with E-state index in [1.54, 1.807) is 25.3 Å². The van der Waals surface area contributed by atoms with Crippen LogP contribution in [0.25, 0.3) is 21.8 Å². The van der Waals surface area contributed by atoms with Crippen LogP contribution in [0.4, 0.5) is 4.39 Å². The fourth-order valence-corrected chi connectivity index (χ4v) is 4.29. The van der Waals surface area contributed by atoms with E-state index in [0.717, 1.165) is 40.5 Å². The van der Waals surface area contributed by atoms with E-state index in [4.69, 9.17) is 4.74 Å². The first kappa shape index (κ1) is 19.7. The Balaban J connectivity index is 1.66. The molecule has 0 bridgehead atoms. The van der Waals surface area contributed by atoms with Crippen molar-refractivity contribution in [1.82, 2.24) is 19.2 Å². The number of fused-ring (bicyclic) bond motifs is 3. The topological polar surface area (TPSA) is 72.5 Å². The molecule has 0 atom stereocenters. The molecule has 4 heterocycles. The Bertz CT molecular complexity index is 1320. The smallest absolute Gasteiger partial charge is 0.309 e. The van der Waals surface area contributed by atoms with Gasteiger partial charge in [-0.25, -0.2) is 9.37 Å². The number of rotatable bonds is 4. The van der Waals surface area contributed by atoms with Gasteiger partial charge in [-0.1, -0.05) is 12.1 Å². The summed E-state index contributed by atoms with van der Waals surface area (Å²) >= 11 is 0. The lowest BCUT2D eigenvalue weighted by Gasteiger charge is -2.28. The monoisotopic (exact) mass is 422 g/mol. The third kappa shape index (κ3) is 3.47. The third-order valence-electron chi connectivity index (χ3n) is 6.03. The zero-order valence-electron chi connectivity index (χ0n) is 17.2. The Kier molecular flexibility index (Phi) is 4.95. The standard InChI is InChI=1S/C23H23FN4O3/c1-15-19(14-26-8-10-31-11-9-26)21-18-6-7-27(13-16-2-4-17(24)5-3-16)20(18)12-25-22(21)23(29)28(15)30/h2-7,12,30H,8-11,13-14H2,1H3. The number of hydrogen-bond acceptors (Lipinski definition) is 5. The average molecular weight is 422 g/mol. The number of pyridine rings is 2. The van der Waals surface area contributed by atoms with Crippen LogP contribution in [0, 0.1) is 12.7 Å². The molecular weight excluding hydrogens is 399 g/mol. The molecule has 0 unspecified atom stereocenters. The molecule has 4 aromatic rings. The van der Waals surface area contributed by atoms with E-state index in [1.807, 2.05) is 16.8 Å². The van der Waals surface area contributed by atoms with Crippen LogP contribution in [0.5, 0.6) is 0 Å². The highest BCUT2D eigenvalue weighted by Crippen LogP contribution is 2.29. The van der Waals surface area contributed by atoms with E-state index < -0.39 is 5.56 Å². The molecule has 0 amide bonds. The van der Waals surface area contributed by atoms with Crippen molar-refractivity contribution in [3.8, 4) is 0 Å². The van der Waals surface area contributed by atoms with Crippen LogP contribution in [-0.4, -0.2) is 50.7 Å². The number of morpholine rings is 1. The fourth-order valence-electron chi connectivity index (χ4n) is 4.29. The summed E-state index contributed by atoms with van der Waals surface area (Å²) in [5.41, 5.74) is 2.99. The highest BCUT2D eigenvalue weighted by molar-refractivity contribution is 6.06. The molecule has 0 radical (unpaired) electrons. The van der Waals surface area contributed by atoms with Gasteiger partial charge in [-0.2, -0.15) is 4.73 Å². The molecule has 0 saturated carbocycles. The van der Waals surface area contributed by atoms with Crippen LogP contribution in [-0.2, 0) is 17.8 Å². The van der Waals surface area contributed by atoms with Gasteiger partial charge in [0.25, 0.3) is 0 Å². The van der Waals surface area contributed by atoms with Gasteiger partial charge in [-0.15, -0.1) is 0 Å². The minimum Gasteiger partial charge on any atom is -0.425 e. The lowest BCUT2D eigenvalue weighted by atomic mass is 10.0. The number of aromatic nitrogens is 3. The maximum absolute atomic E-state index is 13.3. The summed E-state index contributed by atoms with van der Waals surface area (Å²) in [7, 11) is 0. The summed E-state index contributed by atoms with van der Waals surface area (Å²) in [6.07, 6.45) is 3.61. The van der Waals surface area contributed by atoms with Gasteiger partial charge in [0.1, 0.15) is 11.3 Å². The normalized spacial score (nSPS) is 15.2. The van der Waals surface area contributed by atoms with Crippen LogP contribution in [0.1, 0.15) is 16.8 Å². The second-order valence-corrected chi connectivity index (χ2v) is 7.92. The van der Waals surface area contributed by atoms with Gasteiger partial charge in [-0.05, 0) is 36.2 Å². The Morgan fingerprint density at radius 1 is 1.13 bits per heavy atom. The summed E-state index contributed by atoms with van der Waals surface area (Å²) in [5, 5.41) is 12.1. The molecule has 0 aliphatic carbocycles. The second kappa shape index (κ2) is 7.79. The fraction of sp³-hybridized carbons (Fsp3) is 0.304. The number of hydrogen-bond donors (Lipinski definition) is 1. The molecule has 7 nitrogen and oxygen atoms in total. The van der Waals surface area contributed by atoms with E-state index in [2.05, 4.69) is 9.88 Å². The number of ether oxygens (including phenoxy) is 1. The minimum atomic E-state index is -0.522. The SMILES string of the molecule is Cc1c(CN2CCOCC2)c2c(ncc3c2ccn3Cc2ccc(F)cc2)c(=O)n1O. The summed E-state index contributed by atoms with van der Waals surface area (Å²) in [6, 6.07) is 8.39. The van der Waals surface area contributed by atoms with E-state index in [0.29, 0.717) is 36.7 Å². The van der Waals surface area contributed by atoms with Crippen LogP contribution < -0.4 is 5.56 Å². The Hall–Kier alpha value is -3.23. The van der Waals surface area contributed by atoms with Crippen LogP contribution >= 0.6 is 0 Å². The van der Waals surface area contributed by atoms with Gasteiger partial charge >= 0.3 is 5.56 Å². The van der Waals surface area contributed by atoms with E-state index >= 15 is 0 Å². The van der Waals surface area contributed by atoms with Crippen molar-refractivity contribution in [3.63, 3.8) is 0 Å². The molecule has 1 aliphatic heterocycles. The first-order valence-electron chi connectivity index (χ1n) is 10.3. The zero-order valence-corrected chi connectivity index (χ0v) is 17.2. The van der Waals surface area contributed by atoms with E-state index in [9.17, 15) is 14.4 Å². The van der Waals surface area contributed by atoms with Crippen molar-refractivity contribution < 1.29 is 14.3 Å². The van der Waals surface area contributed by atoms with E-state index in [1.165, 1.54) is 12.1 Å². The Morgan fingerprint density at radius 2 is 1.87 bits per heavy atom. The van der Waals surface area contributed by atoms with Crippen molar-refractivity contribution >= 4 is 21.8 Å². The Morgan fingerprint density at radius 3 is 2.61 bits per heavy atom. The molecule has 1 N–H and O–H groups in total. The van der Waals surface area contributed by atoms with Gasteiger partial charge in [0.15, 0.2) is 0 Å². The maximum atomic E-state index is 13.3. The Labute approximate surface area is 177 Å². The second-order valence-electron chi connectivity index (χ2n) is 7.92. The predicted octanol–water partition coefficient (Wildman–Crippen LogP) is 2.92. The first-order valence-corrected chi connectivity index (χ1v) is 10.3. The molecule has 1 saturated heterocycles. The molecule has 1 aromatic carbocycles. The molecule has 1 fully saturated rings. The van der Waals surface area contributed by atoms with Crippen LogP contribution in [0.2, 0.25) is 0 Å². The van der Waals surface area contributed by atoms with Crippen molar-refractivity contribution in [2.24, 2.45) is 0 Å². The summed E-state index contributed by atoms with van der Waals surface area (Å²) < 4.78 is 21.4. The van der Waals surface area contributed by atoms with Gasteiger partial charge in [0.05, 0.1) is 30.6 Å². The maximum Gasteiger partial charge on any atom is 0.309 e. The molecular formula is C23H23FN4O3. The van der Waals surface area contributed by atoms with Gasteiger partial charge in [0.2, 0.25) is 0 Å².